The van der Waals surface area contributed by atoms with Crippen molar-refractivity contribution in [1.82, 2.24) is 5.32 Å². The maximum atomic E-state index is 13.3. The SMILES string of the molecule is CCO[C@@H]1OC(C(=O)NC2CC3CCC2C3)=C[C@H](c2coc3ccccc23)[C@H]1CCCO. The Morgan fingerprint density at radius 3 is 2.88 bits per heavy atom. The van der Waals surface area contributed by atoms with E-state index in [-0.39, 0.29) is 30.4 Å². The third-order valence-electron chi connectivity index (χ3n) is 7.56. The van der Waals surface area contributed by atoms with Crippen LogP contribution in [0.2, 0.25) is 0 Å². The number of furan rings is 1. The average Bonchev–Trinajstić information content (AvgIpc) is 3.53. The van der Waals surface area contributed by atoms with Crippen LogP contribution >= 0.6 is 0 Å². The number of hydrogen-bond donors (Lipinski definition) is 2. The molecular weight excluding hydrogens is 406 g/mol. The standard InChI is InChI=1S/C26H33NO5/c1-2-30-26-19(7-5-11-28)20(21-15-31-23-8-4-3-6-18(21)23)14-24(32-26)25(29)27-22-13-16-9-10-17(22)12-16/h3-4,6,8,14-17,19-20,22,26,28H,2,5,7,9-13H2,1H3,(H,27,29)/t16?,17?,19-,20+,22?,26-/m1/s1. The fraction of sp³-hybridized carbons (Fsp3) is 0.577. The van der Waals surface area contributed by atoms with E-state index >= 15 is 0 Å². The Kier molecular flexibility index (Phi) is 6.24. The van der Waals surface area contributed by atoms with E-state index in [2.05, 4.69) is 5.32 Å². The molecule has 2 saturated carbocycles. The number of aliphatic hydroxyl groups excluding tert-OH is 1. The minimum atomic E-state index is -0.545. The summed E-state index contributed by atoms with van der Waals surface area (Å²) in [5.74, 6) is 1.42. The Bertz CT molecular complexity index is 982. The van der Waals surface area contributed by atoms with E-state index in [0.717, 1.165) is 35.3 Å². The summed E-state index contributed by atoms with van der Waals surface area (Å²) in [7, 11) is 0. The van der Waals surface area contributed by atoms with Gasteiger partial charge in [0.2, 0.25) is 6.29 Å². The molecule has 1 aromatic carbocycles. The molecule has 3 aliphatic rings. The predicted octanol–water partition coefficient (Wildman–Crippen LogP) is 4.49. The molecule has 1 aliphatic heterocycles. The minimum absolute atomic E-state index is 0.0258. The van der Waals surface area contributed by atoms with Crippen LogP contribution in [0, 0.1) is 17.8 Å². The molecule has 3 unspecified atom stereocenters. The highest BCUT2D eigenvalue weighted by Crippen LogP contribution is 2.45. The summed E-state index contributed by atoms with van der Waals surface area (Å²) in [5, 5.41) is 13.8. The van der Waals surface area contributed by atoms with Crippen molar-refractivity contribution >= 4 is 16.9 Å². The van der Waals surface area contributed by atoms with Crippen molar-refractivity contribution in [3.8, 4) is 0 Å². The molecule has 2 aliphatic carbocycles. The number of nitrogens with one attached hydrogen (secondary N) is 1. The second-order valence-corrected chi connectivity index (χ2v) is 9.47. The van der Waals surface area contributed by atoms with Crippen LogP contribution in [-0.4, -0.2) is 36.6 Å². The first kappa shape index (κ1) is 21.5. The van der Waals surface area contributed by atoms with Crippen LogP contribution in [-0.2, 0) is 14.3 Å². The topological polar surface area (TPSA) is 80.9 Å². The van der Waals surface area contributed by atoms with Crippen molar-refractivity contribution in [2.24, 2.45) is 17.8 Å². The summed E-state index contributed by atoms with van der Waals surface area (Å²) in [4.78, 5) is 13.3. The highest BCUT2D eigenvalue weighted by Gasteiger charge is 2.42. The van der Waals surface area contributed by atoms with E-state index in [1.165, 1.54) is 19.3 Å². The first-order valence-electron chi connectivity index (χ1n) is 12.1. The number of allylic oxidation sites excluding steroid dienone is 1. The average molecular weight is 440 g/mol. The number of hydrogen-bond acceptors (Lipinski definition) is 5. The zero-order valence-corrected chi connectivity index (χ0v) is 18.7. The van der Waals surface area contributed by atoms with E-state index in [1.807, 2.05) is 37.3 Å². The number of benzene rings is 1. The Hall–Kier alpha value is -2.31. The van der Waals surface area contributed by atoms with Crippen LogP contribution in [0.25, 0.3) is 11.0 Å². The third kappa shape index (κ3) is 4.06. The molecule has 1 amide bonds. The van der Waals surface area contributed by atoms with Crippen LogP contribution in [0.3, 0.4) is 0 Å². The molecule has 32 heavy (non-hydrogen) atoms. The van der Waals surface area contributed by atoms with Crippen LogP contribution in [0.4, 0.5) is 0 Å². The molecule has 2 fully saturated rings. The van der Waals surface area contributed by atoms with Gasteiger partial charge in [-0.25, -0.2) is 0 Å². The lowest BCUT2D eigenvalue weighted by atomic mass is 9.80. The molecule has 2 N–H and O–H groups in total. The summed E-state index contributed by atoms with van der Waals surface area (Å²) in [6, 6.07) is 8.20. The van der Waals surface area contributed by atoms with Crippen LogP contribution < -0.4 is 5.32 Å². The monoisotopic (exact) mass is 439 g/mol. The largest absolute Gasteiger partial charge is 0.464 e. The molecule has 6 heteroatoms. The van der Waals surface area contributed by atoms with Crippen molar-refractivity contribution < 1.29 is 23.8 Å². The normalized spacial score (nSPS) is 31.5. The summed E-state index contributed by atoms with van der Waals surface area (Å²) in [5.41, 5.74) is 1.85. The van der Waals surface area contributed by atoms with E-state index in [0.29, 0.717) is 24.7 Å². The number of aliphatic hydroxyl groups is 1. The van der Waals surface area contributed by atoms with Crippen LogP contribution in [0.1, 0.15) is 56.9 Å². The van der Waals surface area contributed by atoms with Gasteiger partial charge in [0.05, 0.1) is 6.26 Å². The molecule has 1 aromatic heterocycles. The number of amides is 1. The van der Waals surface area contributed by atoms with Gasteiger partial charge in [-0.05, 0) is 63.0 Å². The summed E-state index contributed by atoms with van der Waals surface area (Å²) < 4.78 is 17.9. The molecular formula is C26H33NO5. The molecule has 5 rings (SSSR count). The molecule has 0 radical (unpaired) electrons. The van der Waals surface area contributed by atoms with E-state index in [9.17, 15) is 9.90 Å². The number of para-hydroxylation sites is 1. The fourth-order valence-corrected chi connectivity index (χ4v) is 6.04. The Morgan fingerprint density at radius 2 is 2.12 bits per heavy atom. The number of fused-ring (bicyclic) bond motifs is 3. The van der Waals surface area contributed by atoms with Gasteiger partial charge in [0.25, 0.3) is 5.91 Å². The molecule has 6 atom stereocenters. The molecule has 2 aromatic rings. The van der Waals surface area contributed by atoms with E-state index < -0.39 is 6.29 Å². The molecule has 0 saturated heterocycles. The lowest BCUT2D eigenvalue weighted by Gasteiger charge is -2.37. The molecule has 2 heterocycles. The second-order valence-electron chi connectivity index (χ2n) is 9.47. The Morgan fingerprint density at radius 1 is 1.25 bits per heavy atom. The molecule has 6 nitrogen and oxygen atoms in total. The van der Waals surface area contributed by atoms with Gasteiger partial charge in [-0.15, -0.1) is 0 Å². The minimum Gasteiger partial charge on any atom is -0.464 e. The van der Waals surface area contributed by atoms with Crippen LogP contribution in [0.15, 0.2) is 46.8 Å². The van der Waals surface area contributed by atoms with Gasteiger partial charge in [0.15, 0.2) is 5.76 Å². The lowest BCUT2D eigenvalue weighted by molar-refractivity contribution is -0.166. The zero-order valence-electron chi connectivity index (χ0n) is 18.7. The lowest BCUT2D eigenvalue weighted by Crippen LogP contribution is -2.43. The summed E-state index contributed by atoms with van der Waals surface area (Å²) in [6.45, 7) is 2.53. The van der Waals surface area contributed by atoms with Gasteiger partial charge in [-0.1, -0.05) is 24.6 Å². The Labute approximate surface area is 189 Å². The van der Waals surface area contributed by atoms with Gasteiger partial charge in [-0.3, -0.25) is 4.79 Å². The first-order valence-corrected chi connectivity index (χ1v) is 12.1. The second kappa shape index (κ2) is 9.28. The van der Waals surface area contributed by atoms with Gasteiger partial charge in [0, 0.05) is 42.0 Å². The number of ether oxygens (including phenoxy) is 2. The van der Waals surface area contributed by atoms with Gasteiger partial charge in [0.1, 0.15) is 5.58 Å². The summed E-state index contributed by atoms with van der Waals surface area (Å²) >= 11 is 0. The highest BCUT2D eigenvalue weighted by molar-refractivity contribution is 5.92. The van der Waals surface area contributed by atoms with Crippen molar-refractivity contribution in [2.75, 3.05) is 13.2 Å². The number of rotatable bonds is 8. The quantitative estimate of drug-likeness (QED) is 0.634. The van der Waals surface area contributed by atoms with Gasteiger partial charge in [-0.2, -0.15) is 0 Å². The van der Waals surface area contributed by atoms with E-state index in [4.69, 9.17) is 13.9 Å². The molecule has 2 bridgehead atoms. The third-order valence-corrected chi connectivity index (χ3v) is 7.56. The number of carbonyl (C=O) groups is 1. The number of carbonyl (C=O) groups excluding carboxylic acids is 1. The summed E-state index contributed by atoms with van der Waals surface area (Å²) in [6.07, 6.45) is 9.38. The Balaban J connectivity index is 1.46. The van der Waals surface area contributed by atoms with Crippen molar-refractivity contribution in [3.05, 3.63) is 47.9 Å². The maximum absolute atomic E-state index is 13.3. The fourth-order valence-electron chi connectivity index (χ4n) is 6.04. The molecule has 0 spiro atoms. The maximum Gasteiger partial charge on any atom is 0.286 e. The van der Waals surface area contributed by atoms with E-state index in [1.54, 1.807) is 6.26 Å². The first-order chi connectivity index (χ1) is 15.7. The van der Waals surface area contributed by atoms with Gasteiger partial charge >= 0.3 is 0 Å². The van der Waals surface area contributed by atoms with Crippen molar-refractivity contribution in [2.45, 2.75) is 63.7 Å². The smallest absolute Gasteiger partial charge is 0.286 e. The zero-order chi connectivity index (χ0) is 22.1. The van der Waals surface area contributed by atoms with Crippen LogP contribution in [0.5, 0.6) is 0 Å². The van der Waals surface area contributed by atoms with Crippen molar-refractivity contribution in [3.63, 3.8) is 0 Å². The van der Waals surface area contributed by atoms with Gasteiger partial charge < -0.3 is 24.3 Å². The molecule has 172 valence electrons. The predicted molar refractivity (Wildman–Crippen MR) is 121 cm³/mol. The highest BCUT2D eigenvalue weighted by atomic mass is 16.7. The van der Waals surface area contributed by atoms with Crippen molar-refractivity contribution in [1.29, 1.82) is 0 Å².